The molecule has 25 heavy (non-hydrogen) atoms. The number of rotatable bonds is 3. The van der Waals surface area contributed by atoms with Crippen molar-refractivity contribution < 1.29 is 9.53 Å². The maximum absolute atomic E-state index is 12.6. The second-order valence-electron chi connectivity index (χ2n) is 5.37. The molecule has 6 nitrogen and oxygen atoms in total. The van der Waals surface area contributed by atoms with Gasteiger partial charge in [-0.2, -0.15) is 5.26 Å². The number of hydrogen-bond acceptors (Lipinski definition) is 7. The Balaban J connectivity index is 2.18. The summed E-state index contributed by atoms with van der Waals surface area (Å²) < 4.78 is 5.22. The number of halogens is 1. The van der Waals surface area contributed by atoms with E-state index < -0.39 is 12.0 Å². The third kappa shape index (κ3) is 2.99. The zero-order valence-corrected chi connectivity index (χ0v) is 15.2. The Kier molecular flexibility index (Phi) is 4.75. The van der Waals surface area contributed by atoms with Crippen LogP contribution in [0.5, 0.6) is 0 Å². The number of esters is 1. The first kappa shape index (κ1) is 17.4. The number of allylic oxidation sites excluding steroid dienone is 2. The van der Waals surface area contributed by atoms with Gasteiger partial charge in [-0.25, -0.2) is 9.79 Å². The normalized spacial score (nSPS) is 19.5. The van der Waals surface area contributed by atoms with Gasteiger partial charge in [0.25, 0.3) is 0 Å². The number of aliphatic imine (C=N–C) groups is 1. The van der Waals surface area contributed by atoms with Crippen molar-refractivity contribution in [3.63, 3.8) is 0 Å². The highest BCUT2D eigenvalue weighted by molar-refractivity contribution is 8.17. The fourth-order valence-corrected chi connectivity index (χ4v) is 3.81. The predicted octanol–water partition coefficient (Wildman–Crippen LogP) is 3.29. The average molecular weight is 375 g/mol. The number of nitrogens with zero attached hydrogens (tertiary/aromatic N) is 3. The number of nitrogens with two attached hydrogens (primary N) is 1. The van der Waals surface area contributed by atoms with Gasteiger partial charge < -0.3 is 10.5 Å². The van der Waals surface area contributed by atoms with E-state index in [1.54, 1.807) is 30.9 Å². The smallest absolute Gasteiger partial charge is 0.338 e. The van der Waals surface area contributed by atoms with E-state index in [4.69, 9.17) is 22.1 Å². The van der Waals surface area contributed by atoms with Gasteiger partial charge in [0.15, 0.2) is 5.17 Å². The molecule has 0 amide bonds. The molecule has 0 spiro atoms. The Labute approximate surface area is 154 Å². The molecular formula is C17H15ClN4O2S. The van der Waals surface area contributed by atoms with Crippen LogP contribution in [0.15, 0.2) is 51.3 Å². The maximum atomic E-state index is 12.6. The summed E-state index contributed by atoms with van der Waals surface area (Å²) in [6.45, 7) is 3.75. The molecule has 1 unspecified atom stereocenters. The third-order valence-electron chi connectivity index (χ3n) is 3.86. The molecular weight excluding hydrogens is 360 g/mol. The van der Waals surface area contributed by atoms with Crippen LogP contribution in [0.25, 0.3) is 0 Å². The maximum Gasteiger partial charge on any atom is 0.338 e. The Morgan fingerprint density at radius 2 is 2.16 bits per heavy atom. The minimum absolute atomic E-state index is 0.253. The van der Waals surface area contributed by atoms with E-state index >= 15 is 0 Å². The summed E-state index contributed by atoms with van der Waals surface area (Å²) in [5, 5.41) is 10.4. The first-order valence-electron chi connectivity index (χ1n) is 7.56. The second-order valence-corrected chi connectivity index (χ2v) is 6.78. The minimum Gasteiger partial charge on any atom is -0.463 e. The Bertz CT molecular complexity index is 868. The van der Waals surface area contributed by atoms with E-state index in [1.807, 2.05) is 12.1 Å². The van der Waals surface area contributed by atoms with Crippen molar-refractivity contribution in [1.82, 2.24) is 4.90 Å². The number of benzene rings is 1. The quantitative estimate of drug-likeness (QED) is 0.816. The number of ether oxygens (including phenoxy) is 1. The molecule has 1 aromatic rings. The van der Waals surface area contributed by atoms with Crippen molar-refractivity contribution in [2.45, 2.75) is 19.9 Å². The number of amidine groups is 1. The van der Waals surface area contributed by atoms with Crippen LogP contribution in [-0.4, -0.2) is 22.6 Å². The highest BCUT2D eigenvalue weighted by Gasteiger charge is 2.42. The summed E-state index contributed by atoms with van der Waals surface area (Å²) in [5.41, 5.74) is 7.92. The van der Waals surface area contributed by atoms with Gasteiger partial charge in [0.1, 0.15) is 16.8 Å². The highest BCUT2D eigenvalue weighted by Crippen LogP contribution is 2.45. The average Bonchev–Trinajstić information content (AvgIpc) is 2.90. The monoisotopic (exact) mass is 374 g/mol. The molecule has 0 bridgehead atoms. The molecule has 1 atom stereocenters. The second kappa shape index (κ2) is 6.82. The first-order valence-corrected chi connectivity index (χ1v) is 8.76. The molecule has 2 heterocycles. The molecule has 3 rings (SSSR count). The number of hydrogen-bond donors (Lipinski definition) is 1. The predicted molar refractivity (Wildman–Crippen MR) is 97.2 cm³/mol. The molecule has 1 aromatic carbocycles. The summed E-state index contributed by atoms with van der Waals surface area (Å²) in [6.07, 6.45) is 0. The standard InChI is InChI=1S/C17H15ClN4O2S/c1-3-24-16(23)13-9(2)21-17-22(15(20)12(8-19)25-17)14(13)10-4-6-11(18)7-5-10/h4-7,14H,3,20H2,1-2H3. The number of nitriles is 1. The van der Waals surface area contributed by atoms with E-state index in [0.717, 1.165) is 5.56 Å². The van der Waals surface area contributed by atoms with Crippen molar-refractivity contribution in [2.24, 2.45) is 10.7 Å². The van der Waals surface area contributed by atoms with Crippen LogP contribution in [-0.2, 0) is 9.53 Å². The van der Waals surface area contributed by atoms with Crippen molar-refractivity contribution in [1.29, 1.82) is 5.26 Å². The van der Waals surface area contributed by atoms with Crippen molar-refractivity contribution in [3.05, 3.63) is 56.8 Å². The highest BCUT2D eigenvalue weighted by atomic mass is 35.5. The largest absolute Gasteiger partial charge is 0.463 e. The summed E-state index contributed by atoms with van der Waals surface area (Å²) in [6, 6.07) is 8.69. The van der Waals surface area contributed by atoms with Crippen molar-refractivity contribution >= 4 is 34.5 Å². The van der Waals surface area contributed by atoms with Crippen molar-refractivity contribution in [2.75, 3.05) is 6.61 Å². The minimum atomic E-state index is -0.526. The zero-order chi connectivity index (χ0) is 18.1. The lowest BCUT2D eigenvalue weighted by Gasteiger charge is -2.34. The van der Waals surface area contributed by atoms with Gasteiger partial charge >= 0.3 is 5.97 Å². The molecule has 2 aliphatic heterocycles. The molecule has 0 radical (unpaired) electrons. The lowest BCUT2D eigenvalue weighted by atomic mass is 9.94. The van der Waals surface area contributed by atoms with Crippen molar-refractivity contribution in [3.8, 4) is 6.07 Å². The summed E-state index contributed by atoms with van der Waals surface area (Å²) in [4.78, 5) is 19.1. The Morgan fingerprint density at radius 1 is 1.48 bits per heavy atom. The number of fused-ring (bicyclic) bond motifs is 1. The summed E-state index contributed by atoms with van der Waals surface area (Å²) >= 11 is 7.18. The molecule has 2 aliphatic rings. The molecule has 128 valence electrons. The molecule has 0 saturated heterocycles. The van der Waals surface area contributed by atoms with Crippen LogP contribution >= 0.6 is 23.4 Å². The van der Waals surface area contributed by atoms with Crippen LogP contribution in [0.4, 0.5) is 0 Å². The van der Waals surface area contributed by atoms with Crippen LogP contribution in [0.1, 0.15) is 25.5 Å². The first-order chi connectivity index (χ1) is 12.0. The molecule has 0 saturated carbocycles. The van der Waals surface area contributed by atoms with Gasteiger partial charge in [-0.1, -0.05) is 23.7 Å². The molecule has 0 aliphatic carbocycles. The van der Waals surface area contributed by atoms with E-state index in [0.29, 0.717) is 26.4 Å². The summed E-state index contributed by atoms with van der Waals surface area (Å²) in [5.74, 6) is -0.175. The lowest BCUT2D eigenvalue weighted by Crippen LogP contribution is -2.38. The van der Waals surface area contributed by atoms with E-state index in [1.165, 1.54) is 11.8 Å². The lowest BCUT2D eigenvalue weighted by molar-refractivity contribution is -0.139. The van der Waals surface area contributed by atoms with Gasteiger partial charge in [-0.05, 0) is 43.3 Å². The zero-order valence-electron chi connectivity index (χ0n) is 13.6. The summed E-state index contributed by atoms with van der Waals surface area (Å²) in [7, 11) is 0. The van der Waals surface area contributed by atoms with Gasteiger partial charge in [0.05, 0.1) is 23.9 Å². The van der Waals surface area contributed by atoms with Crippen LogP contribution in [0.2, 0.25) is 5.02 Å². The van der Waals surface area contributed by atoms with E-state index in [9.17, 15) is 10.1 Å². The Morgan fingerprint density at radius 3 is 2.76 bits per heavy atom. The van der Waals surface area contributed by atoms with Gasteiger partial charge in [0, 0.05) is 5.02 Å². The van der Waals surface area contributed by atoms with E-state index in [2.05, 4.69) is 11.1 Å². The van der Waals surface area contributed by atoms with Crippen LogP contribution < -0.4 is 5.73 Å². The molecule has 0 aromatic heterocycles. The van der Waals surface area contributed by atoms with Gasteiger partial charge in [-0.15, -0.1) is 0 Å². The van der Waals surface area contributed by atoms with E-state index in [-0.39, 0.29) is 12.4 Å². The van der Waals surface area contributed by atoms with Crippen LogP contribution in [0.3, 0.4) is 0 Å². The number of carbonyl (C=O) groups is 1. The SMILES string of the molecule is CCOC(=O)C1=C(C)N=C2SC(C#N)=C(N)N2C1c1ccc(Cl)cc1. The fraction of sp³-hybridized carbons (Fsp3) is 0.235. The fourth-order valence-electron chi connectivity index (χ4n) is 2.77. The Hall–Kier alpha value is -2.43. The molecule has 8 heteroatoms. The number of carbonyl (C=O) groups excluding carboxylic acids is 1. The topological polar surface area (TPSA) is 91.7 Å². The third-order valence-corrected chi connectivity index (χ3v) is 5.09. The number of thioether (sulfide) groups is 1. The van der Waals surface area contributed by atoms with Gasteiger partial charge in [0.2, 0.25) is 0 Å². The molecule has 2 N–H and O–H groups in total. The van der Waals surface area contributed by atoms with Gasteiger partial charge in [-0.3, -0.25) is 4.90 Å². The van der Waals surface area contributed by atoms with Crippen LogP contribution in [0, 0.1) is 11.3 Å². The molecule has 0 fully saturated rings.